The van der Waals surface area contributed by atoms with Gasteiger partial charge in [-0.25, -0.2) is 9.78 Å². The van der Waals surface area contributed by atoms with E-state index in [2.05, 4.69) is 10.3 Å². The summed E-state index contributed by atoms with van der Waals surface area (Å²) in [5.41, 5.74) is -3.48. The van der Waals surface area contributed by atoms with E-state index in [0.717, 1.165) is 10.5 Å². The number of aryl methyl sites for hydroxylation is 1. The Labute approximate surface area is 213 Å². The number of hydrogen-bond acceptors (Lipinski definition) is 3. The van der Waals surface area contributed by atoms with Crippen molar-refractivity contribution in [1.29, 1.82) is 0 Å². The summed E-state index contributed by atoms with van der Waals surface area (Å²) >= 11 is 0. The maximum absolute atomic E-state index is 13.6. The van der Waals surface area contributed by atoms with Crippen LogP contribution in [-0.4, -0.2) is 29.1 Å². The van der Waals surface area contributed by atoms with Crippen LogP contribution < -0.4 is 10.2 Å². The number of carbonyl (C=O) groups is 2. The second kappa shape index (κ2) is 9.99. The highest BCUT2D eigenvalue weighted by molar-refractivity contribution is 6.03. The Balaban J connectivity index is 2.15. The van der Waals surface area contributed by atoms with Crippen molar-refractivity contribution in [3.05, 3.63) is 77.0 Å². The lowest BCUT2D eigenvalue weighted by Crippen LogP contribution is -2.42. The Morgan fingerprint density at radius 2 is 1.39 bits per heavy atom. The second-order valence-corrected chi connectivity index (χ2v) is 9.12. The molecule has 6 nitrogen and oxygen atoms in total. The molecular weight excluding hydrogens is 516 g/mol. The number of pyridine rings is 1. The van der Waals surface area contributed by atoms with E-state index in [1.54, 1.807) is 31.2 Å². The van der Waals surface area contributed by atoms with Crippen LogP contribution in [0.25, 0.3) is 11.1 Å². The van der Waals surface area contributed by atoms with E-state index in [-0.39, 0.29) is 17.6 Å². The fraction of sp³-hybridized carbons (Fsp3) is 0.269. The molecule has 1 heterocycles. The molecule has 0 atom stereocenters. The highest BCUT2D eigenvalue weighted by atomic mass is 19.4. The fourth-order valence-corrected chi connectivity index (χ4v) is 3.95. The normalized spacial score (nSPS) is 12.3. The van der Waals surface area contributed by atoms with Crippen LogP contribution in [0.3, 0.4) is 0 Å². The Morgan fingerprint density at radius 3 is 1.89 bits per heavy atom. The van der Waals surface area contributed by atoms with E-state index in [1.807, 2.05) is 0 Å². The van der Waals surface area contributed by atoms with Crippen molar-refractivity contribution < 1.29 is 41.0 Å². The molecule has 0 aliphatic carbocycles. The summed E-state index contributed by atoms with van der Waals surface area (Å²) < 4.78 is 80.6. The van der Waals surface area contributed by atoms with E-state index in [0.29, 0.717) is 23.3 Å². The Morgan fingerprint density at radius 1 is 0.868 bits per heavy atom. The van der Waals surface area contributed by atoms with Gasteiger partial charge in [0.1, 0.15) is 5.82 Å². The predicted molar refractivity (Wildman–Crippen MR) is 129 cm³/mol. The van der Waals surface area contributed by atoms with Crippen LogP contribution >= 0.6 is 0 Å². The number of nitrogens with zero attached hydrogens (tertiary/aromatic N) is 2. The first kappa shape index (κ1) is 28.5. The molecule has 0 aliphatic heterocycles. The average molecular weight is 539 g/mol. The molecular formula is C26H23F6N3O3. The SMILES string of the molecule is Cc1ccccc1-c1cc(NC(=O)O)ncc1N(C)C(=O)C(C)(C)c1cc(C(F)(F)F)cc(C(F)(F)F)c1. The Kier molecular flexibility index (Phi) is 7.49. The lowest BCUT2D eigenvalue weighted by atomic mass is 9.81. The molecule has 0 saturated heterocycles. The Hall–Kier alpha value is -4.09. The van der Waals surface area contributed by atoms with Gasteiger partial charge in [-0.1, -0.05) is 24.3 Å². The summed E-state index contributed by atoms with van der Waals surface area (Å²) in [6.45, 7) is 4.22. The third kappa shape index (κ3) is 5.90. The first-order valence-electron chi connectivity index (χ1n) is 11.1. The number of carbonyl (C=O) groups excluding carboxylic acids is 1. The van der Waals surface area contributed by atoms with Crippen LogP contribution in [0.2, 0.25) is 0 Å². The number of hydrogen-bond donors (Lipinski definition) is 2. The quantitative estimate of drug-likeness (QED) is 0.338. The number of alkyl halides is 6. The van der Waals surface area contributed by atoms with Crippen LogP contribution in [0, 0.1) is 6.92 Å². The van der Waals surface area contributed by atoms with Gasteiger partial charge in [0.05, 0.1) is 28.4 Å². The number of amides is 2. The van der Waals surface area contributed by atoms with Gasteiger partial charge in [-0.15, -0.1) is 0 Å². The number of aromatic nitrogens is 1. The summed E-state index contributed by atoms with van der Waals surface area (Å²) in [5, 5.41) is 11.2. The number of benzene rings is 2. The molecule has 0 bridgehead atoms. The molecule has 38 heavy (non-hydrogen) atoms. The van der Waals surface area contributed by atoms with E-state index in [4.69, 9.17) is 5.11 Å². The lowest BCUT2D eigenvalue weighted by molar-refractivity contribution is -0.143. The van der Waals surface area contributed by atoms with Crippen molar-refractivity contribution in [2.75, 3.05) is 17.3 Å². The van der Waals surface area contributed by atoms with E-state index < -0.39 is 46.5 Å². The smallest absolute Gasteiger partial charge is 0.416 e. The van der Waals surface area contributed by atoms with Crippen molar-refractivity contribution in [3.63, 3.8) is 0 Å². The van der Waals surface area contributed by atoms with Crippen molar-refractivity contribution in [3.8, 4) is 11.1 Å². The van der Waals surface area contributed by atoms with Crippen LogP contribution in [0.5, 0.6) is 0 Å². The zero-order valence-electron chi connectivity index (χ0n) is 20.6. The third-order valence-corrected chi connectivity index (χ3v) is 6.06. The van der Waals surface area contributed by atoms with E-state index in [1.165, 1.54) is 33.2 Å². The zero-order chi connectivity index (χ0) is 28.6. The van der Waals surface area contributed by atoms with Crippen LogP contribution in [0.4, 0.5) is 42.6 Å². The van der Waals surface area contributed by atoms with Crippen molar-refractivity contribution in [2.45, 2.75) is 38.5 Å². The molecule has 0 spiro atoms. The number of rotatable bonds is 5. The van der Waals surface area contributed by atoms with Crippen LogP contribution in [0.1, 0.15) is 36.1 Å². The topological polar surface area (TPSA) is 82.5 Å². The second-order valence-electron chi connectivity index (χ2n) is 9.12. The largest absolute Gasteiger partial charge is 0.465 e. The Bertz CT molecular complexity index is 1350. The maximum Gasteiger partial charge on any atom is 0.416 e. The molecule has 1 aromatic heterocycles. The summed E-state index contributed by atoms with van der Waals surface area (Å²) in [6, 6.07) is 9.41. The van der Waals surface area contributed by atoms with Gasteiger partial charge in [0.2, 0.25) is 5.91 Å². The van der Waals surface area contributed by atoms with E-state index in [9.17, 15) is 35.9 Å². The van der Waals surface area contributed by atoms with E-state index >= 15 is 0 Å². The first-order chi connectivity index (χ1) is 17.4. The molecule has 3 aromatic rings. The summed E-state index contributed by atoms with van der Waals surface area (Å²) in [5.74, 6) is -0.868. The molecule has 0 radical (unpaired) electrons. The minimum atomic E-state index is -5.07. The molecule has 0 fully saturated rings. The first-order valence-corrected chi connectivity index (χ1v) is 11.1. The molecule has 2 aromatic carbocycles. The van der Waals surface area contributed by atoms with Gasteiger partial charge >= 0.3 is 18.4 Å². The molecule has 2 amide bonds. The minimum absolute atomic E-state index is 0.00213. The van der Waals surface area contributed by atoms with Crippen molar-refractivity contribution in [1.82, 2.24) is 4.98 Å². The van der Waals surface area contributed by atoms with Gasteiger partial charge in [-0.05, 0) is 61.7 Å². The standard InChI is InChI=1S/C26H23F6N3O3/c1-14-7-5-6-8-18(14)19-12-21(34-23(37)38)33-13-20(19)35(4)22(36)24(2,3)15-9-16(25(27,28)29)11-17(10-15)26(30,31)32/h5-13H,1-4H3,(H,33,34)(H,37,38). The number of carboxylic acid groups (broad SMARTS) is 1. The zero-order valence-corrected chi connectivity index (χ0v) is 20.6. The van der Waals surface area contributed by atoms with Crippen LogP contribution in [0.15, 0.2) is 54.7 Å². The molecule has 202 valence electrons. The van der Waals surface area contributed by atoms with Gasteiger partial charge in [0.15, 0.2) is 0 Å². The fourth-order valence-electron chi connectivity index (χ4n) is 3.95. The van der Waals surface area contributed by atoms with Crippen molar-refractivity contribution >= 4 is 23.5 Å². The van der Waals surface area contributed by atoms with Gasteiger partial charge < -0.3 is 10.0 Å². The third-order valence-electron chi connectivity index (χ3n) is 6.06. The summed E-state index contributed by atoms with van der Waals surface area (Å²) in [6.07, 6.45) is -10.3. The molecule has 0 unspecified atom stereocenters. The molecule has 0 saturated carbocycles. The molecule has 0 aliphatic rings. The number of likely N-dealkylation sites (N-methyl/N-ethyl adjacent to an activating group) is 1. The predicted octanol–water partition coefficient (Wildman–Crippen LogP) is 7.13. The molecule has 3 rings (SSSR count). The number of nitrogens with one attached hydrogen (secondary N) is 1. The summed E-state index contributed by atoms with van der Waals surface area (Å²) in [7, 11) is 1.31. The van der Waals surface area contributed by atoms with Crippen molar-refractivity contribution in [2.24, 2.45) is 0 Å². The highest BCUT2D eigenvalue weighted by Gasteiger charge is 2.41. The number of anilines is 2. The maximum atomic E-state index is 13.6. The van der Waals surface area contributed by atoms with Gasteiger partial charge in [0.25, 0.3) is 0 Å². The van der Waals surface area contributed by atoms with Gasteiger partial charge in [-0.3, -0.25) is 10.1 Å². The number of halogens is 6. The van der Waals surface area contributed by atoms with Gasteiger partial charge in [-0.2, -0.15) is 26.3 Å². The molecule has 12 heteroatoms. The highest BCUT2D eigenvalue weighted by Crippen LogP contribution is 2.41. The van der Waals surface area contributed by atoms with Crippen LogP contribution in [-0.2, 0) is 22.6 Å². The average Bonchev–Trinajstić information content (AvgIpc) is 2.81. The monoisotopic (exact) mass is 539 g/mol. The summed E-state index contributed by atoms with van der Waals surface area (Å²) in [4.78, 5) is 29.8. The molecule has 2 N–H and O–H groups in total. The minimum Gasteiger partial charge on any atom is -0.465 e. The lowest BCUT2D eigenvalue weighted by Gasteiger charge is -2.32. The van der Waals surface area contributed by atoms with Gasteiger partial charge in [0, 0.05) is 12.6 Å².